The van der Waals surface area contributed by atoms with E-state index < -0.39 is 0 Å². The molecule has 4 nitrogen and oxygen atoms in total. The topological polar surface area (TPSA) is 64.9 Å². The number of aromatic nitrogens is 2. The van der Waals surface area contributed by atoms with E-state index in [9.17, 15) is 0 Å². The smallest absolute Gasteiger partial charge is 0.258 e. The molecule has 2 N–H and O–H groups in total. The number of benzene rings is 1. The Morgan fingerprint density at radius 2 is 2.12 bits per heavy atom. The van der Waals surface area contributed by atoms with Gasteiger partial charge in [-0.05, 0) is 31.0 Å². The number of nitrogens with zero attached hydrogens (tertiary/aromatic N) is 2. The van der Waals surface area contributed by atoms with Crippen molar-refractivity contribution in [2.75, 3.05) is 5.73 Å². The fourth-order valence-corrected chi connectivity index (χ4v) is 1.84. The molecule has 0 atom stereocenters. The summed E-state index contributed by atoms with van der Waals surface area (Å²) in [6.07, 6.45) is 2.30. The lowest BCUT2D eigenvalue weighted by molar-refractivity contribution is 0.422. The number of hydrogen-bond donors (Lipinski definition) is 1. The highest BCUT2D eigenvalue weighted by atomic mass is 35.5. The van der Waals surface area contributed by atoms with Crippen molar-refractivity contribution in [3.63, 3.8) is 0 Å². The van der Waals surface area contributed by atoms with Crippen molar-refractivity contribution in [2.24, 2.45) is 0 Å². The molecule has 5 heteroatoms. The van der Waals surface area contributed by atoms with Crippen LogP contribution in [0.25, 0.3) is 11.5 Å². The van der Waals surface area contributed by atoms with E-state index in [4.69, 9.17) is 21.9 Å². The lowest BCUT2D eigenvalue weighted by atomic mass is 10.2. The molecular weight excluding hydrogens is 226 g/mol. The van der Waals surface area contributed by atoms with Gasteiger partial charge in [0.05, 0.1) is 0 Å². The van der Waals surface area contributed by atoms with E-state index in [1.165, 1.54) is 0 Å². The van der Waals surface area contributed by atoms with Crippen LogP contribution in [-0.2, 0) is 0 Å². The van der Waals surface area contributed by atoms with Crippen LogP contribution in [0.2, 0.25) is 5.02 Å². The number of anilines is 1. The van der Waals surface area contributed by atoms with Gasteiger partial charge in [0.25, 0.3) is 5.89 Å². The van der Waals surface area contributed by atoms with Crippen molar-refractivity contribution >= 4 is 17.3 Å². The van der Waals surface area contributed by atoms with Gasteiger partial charge in [0.15, 0.2) is 5.82 Å². The molecule has 82 valence electrons. The molecule has 3 rings (SSSR count). The molecule has 1 saturated carbocycles. The Bertz CT molecular complexity index is 514. The molecule has 16 heavy (non-hydrogen) atoms. The summed E-state index contributed by atoms with van der Waals surface area (Å²) in [4.78, 5) is 4.33. The molecule has 0 radical (unpaired) electrons. The summed E-state index contributed by atoms with van der Waals surface area (Å²) < 4.78 is 5.19. The number of hydrogen-bond acceptors (Lipinski definition) is 4. The molecule has 1 aliphatic carbocycles. The molecule has 0 bridgehead atoms. The Balaban J connectivity index is 2.00. The van der Waals surface area contributed by atoms with Crippen molar-refractivity contribution in [3.05, 3.63) is 29.0 Å². The third-order valence-corrected chi connectivity index (χ3v) is 2.77. The quantitative estimate of drug-likeness (QED) is 0.813. The first-order chi connectivity index (χ1) is 7.72. The first-order valence-electron chi connectivity index (χ1n) is 5.12. The van der Waals surface area contributed by atoms with Crippen LogP contribution < -0.4 is 5.73 Å². The van der Waals surface area contributed by atoms with Crippen molar-refractivity contribution in [1.82, 2.24) is 10.1 Å². The van der Waals surface area contributed by atoms with Crippen LogP contribution in [0.15, 0.2) is 22.7 Å². The normalized spacial score (nSPS) is 15.3. The summed E-state index contributed by atoms with van der Waals surface area (Å²) in [6, 6.07) is 5.22. The molecule has 0 spiro atoms. The molecule has 0 aliphatic heterocycles. The van der Waals surface area contributed by atoms with E-state index in [1.807, 2.05) is 0 Å². The van der Waals surface area contributed by atoms with Gasteiger partial charge < -0.3 is 10.3 Å². The van der Waals surface area contributed by atoms with Gasteiger partial charge in [0.1, 0.15) is 0 Å². The van der Waals surface area contributed by atoms with Crippen LogP contribution in [0.5, 0.6) is 0 Å². The monoisotopic (exact) mass is 235 g/mol. The molecular formula is C11H10ClN3O. The first-order valence-corrected chi connectivity index (χ1v) is 5.50. The van der Waals surface area contributed by atoms with E-state index in [0.717, 1.165) is 24.2 Å². The zero-order valence-electron chi connectivity index (χ0n) is 8.48. The second kappa shape index (κ2) is 3.49. The maximum atomic E-state index is 5.91. The van der Waals surface area contributed by atoms with Gasteiger partial charge in [-0.3, -0.25) is 0 Å². The maximum Gasteiger partial charge on any atom is 0.258 e. The summed E-state index contributed by atoms with van der Waals surface area (Å²) in [5.41, 5.74) is 7.06. The first kappa shape index (κ1) is 9.66. The van der Waals surface area contributed by atoms with Crippen LogP contribution in [0.3, 0.4) is 0 Å². The van der Waals surface area contributed by atoms with E-state index in [0.29, 0.717) is 22.5 Å². The van der Waals surface area contributed by atoms with E-state index in [2.05, 4.69) is 10.1 Å². The van der Waals surface area contributed by atoms with Crippen LogP contribution in [-0.4, -0.2) is 10.1 Å². The molecule has 1 aliphatic rings. The average molecular weight is 236 g/mol. The van der Waals surface area contributed by atoms with Crippen LogP contribution >= 0.6 is 11.6 Å². The zero-order valence-corrected chi connectivity index (χ0v) is 9.24. The predicted octanol–water partition coefficient (Wildman–Crippen LogP) is 2.85. The molecule has 0 amide bonds. The van der Waals surface area contributed by atoms with E-state index in [-0.39, 0.29) is 0 Å². The zero-order chi connectivity index (χ0) is 11.1. The van der Waals surface area contributed by atoms with Crippen LogP contribution in [0.4, 0.5) is 5.69 Å². The Morgan fingerprint density at radius 1 is 1.31 bits per heavy atom. The largest absolute Gasteiger partial charge is 0.399 e. The molecule has 1 heterocycles. The highest BCUT2D eigenvalue weighted by Gasteiger charge is 2.28. The predicted molar refractivity (Wildman–Crippen MR) is 61.1 cm³/mol. The SMILES string of the molecule is Nc1cc(Cl)cc(-c2nc(C3CC3)no2)c1. The van der Waals surface area contributed by atoms with Crippen molar-refractivity contribution in [1.29, 1.82) is 0 Å². The maximum absolute atomic E-state index is 5.91. The van der Waals surface area contributed by atoms with Gasteiger partial charge in [0.2, 0.25) is 0 Å². The number of halogens is 1. The fourth-order valence-electron chi connectivity index (χ4n) is 1.60. The lowest BCUT2D eigenvalue weighted by Gasteiger charge is -1.98. The van der Waals surface area contributed by atoms with Crippen molar-refractivity contribution < 1.29 is 4.52 Å². The van der Waals surface area contributed by atoms with E-state index in [1.54, 1.807) is 18.2 Å². The van der Waals surface area contributed by atoms with Gasteiger partial charge in [-0.15, -0.1) is 0 Å². The summed E-state index contributed by atoms with van der Waals surface area (Å²) in [7, 11) is 0. The lowest BCUT2D eigenvalue weighted by Crippen LogP contribution is -1.87. The number of nitrogen functional groups attached to an aromatic ring is 1. The second-order valence-electron chi connectivity index (χ2n) is 4.01. The molecule has 0 unspecified atom stereocenters. The fraction of sp³-hybridized carbons (Fsp3) is 0.273. The Hall–Kier alpha value is -1.55. The Morgan fingerprint density at radius 3 is 2.81 bits per heavy atom. The standard InChI is InChI=1S/C11H10ClN3O/c12-8-3-7(4-9(13)5-8)11-14-10(15-16-11)6-1-2-6/h3-6H,1-2,13H2. The van der Waals surface area contributed by atoms with Crippen molar-refractivity contribution in [3.8, 4) is 11.5 Å². The number of nitrogens with two attached hydrogens (primary N) is 1. The summed E-state index contributed by atoms with van der Waals surface area (Å²) in [5.74, 6) is 1.75. The average Bonchev–Trinajstić information content (AvgIpc) is 2.95. The third kappa shape index (κ3) is 1.76. The molecule has 1 aromatic heterocycles. The van der Waals surface area contributed by atoms with E-state index >= 15 is 0 Å². The van der Waals surface area contributed by atoms with Gasteiger partial charge in [-0.25, -0.2) is 0 Å². The molecule has 0 saturated heterocycles. The Labute approximate surface area is 97.4 Å². The van der Waals surface area contributed by atoms with Gasteiger partial charge in [-0.2, -0.15) is 4.98 Å². The minimum absolute atomic E-state index is 0.481. The van der Waals surface area contributed by atoms with Gasteiger partial charge >= 0.3 is 0 Å². The second-order valence-corrected chi connectivity index (χ2v) is 4.44. The minimum atomic E-state index is 0.481. The summed E-state index contributed by atoms with van der Waals surface area (Å²) in [5, 5.41) is 4.51. The van der Waals surface area contributed by atoms with Crippen LogP contribution in [0.1, 0.15) is 24.6 Å². The summed E-state index contributed by atoms with van der Waals surface area (Å²) >= 11 is 5.91. The Kier molecular flexibility index (Phi) is 2.11. The van der Waals surface area contributed by atoms with Gasteiger partial charge in [0, 0.05) is 22.2 Å². The highest BCUT2D eigenvalue weighted by Crippen LogP contribution is 2.39. The molecule has 1 fully saturated rings. The molecule has 2 aromatic rings. The van der Waals surface area contributed by atoms with Gasteiger partial charge in [-0.1, -0.05) is 16.8 Å². The molecule has 1 aromatic carbocycles. The third-order valence-electron chi connectivity index (χ3n) is 2.55. The summed E-state index contributed by atoms with van der Waals surface area (Å²) in [6.45, 7) is 0. The van der Waals surface area contributed by atoms with Crippen molar-refractivity contribution in [2.45, 2.75) is 18.8 Å². The highest BCUT2D eigenvalue weighted by molar-refractivity contribution is 6.31. The number of rotatable bonds is 2. The minimum Gasteiger partial charge on any atom is -0.399 e. The van der Waals surface area contributed by atoms with Crippen LogP contribution in [0, 0.1) is 0 Å².